The Bertz CT molecular complexity index is 1350. The number of rotatable bonds is 6. The number of nitrogens with zero attached hydrogens (tertiary/aromatic N) is 1. The number of hydrogen-bond donors (Lipinski definition) is 0. The molecule has 0 unspecified atom stereocenters. The average molecular weight is 684 g/mol. The quantitative estimate of drug-likeness (QED) is 0.243. The van der Waals surface area contributed by atoms with Crippen LogP contribution >= 0.6 is 0 Å². The number of nitrogens with one attached hydrogen (secondary N) is 1. The van der Waals surface area contributed by atoms with Crippen LogP contribution in [-0.4, -0.2) is 8.42 Å². The standard InChI is InChI=1S/C25H28N2O2S.C12H18.Ru/c1-16-17(2)19(4)25(20(5)18(16)3)30(28,29)27-24(22-14-10-7-11-15-22)23(26)21-12-8-6-9-13-21;1-7-8(2)10(4)12(6)11(5)9(7)3;/h6-15,23-24,26H,1-5H3;1-6H3;/q-2;;+2/t23-,24-;;/m0../s1. The van der Waals surface area contributed by atoms with E-state index in [2.05, 4.69) is 46.3 Å². The van der Waals surface area contributed by atoms with Crippen LogP contribution in [0, 0.1) is 70.1 Å². The van der Waals surface area contributed by atoms with Gasteiger partial charge in [0.05, 0.1) is 4.90 Å². The van der Waals surface area contributed by atoms with Gasteiger partial charge < -0.3 is 10.5 Å². The largest absolute Gasteiger partial charge is 2.00 e. The molecule has 4 nitrogen and oxygen atoms in total. The van der Waals surface area contributed by atoms with Crippen molar-refractivity contribution < 1.29 is 27.9 Å². The third kappa shape index (κ3) is 8.06. The Labute approximate surface area is 275 Å². The first-order valence-electron chi connectivity index (χ1n) is 14.5. The summed E-state index contributed by atoms with van der Waals surface area (Å²) in [5.41, 5.74) is 14.8. The smallest absolute Gasteiger partial charge is 0.672 e. The summed E-state index contributed by atoms with van der Waals surface area (Å²) in [4.78, 5) is 0.268. The van der Waals surface area contributed by atoms with Gasteiger partial charge in [0.15, 0.2) is 0 Å². The first-order chi connectivity index (χ1) is 19.6. The van der Waals surface area contributed by atoms with Crippen LogP contribution in [0.2, 0.25) is 0 Å². The minimum absolute atomic E-state index is 0. The predicted octanol–water partition coefficient (Wildman–Crippen LogP) is 10.4. The van der Waals surface area contributed by atoms with Crippen LogP contribution in [-0.2, 0) is 29.5 Å². The van der Waals surface area contributed by atoms with Crippen molar-refractivity contribution in [2.24, 2.45) is 0 Å². The Kier molecular flexibility index (Phi) is 13.4. The van der Waals surface area contributed by atoms with Crippen molar-refractivity contribution in [3.05, 3.63) is 146 Å². The second-order valence-electron chi connectivity index (χ2n) is 11.5. The van der Waals surface area contributed by atoms with E-state index >= 15 is 0 Å². The molecule has 1 aliphatic rings. The van der Waals surface area contributed by atoms with Gasteiger partial charge in [-0.15, -0.1) is 12.1 Å². The summed E-state index contributed by atoms with van der Waals surface area (Å²) in [7, 11) is -3.98. The monoisotopic (exact) mass is 684 g/mol. The van der Waals surface area contributed by atoms with Crippen LogP contribution in [0.4, 0.5) is 0 Å². The van der Waals surface area contributed by atoms with Crippen molar-refractivity contribution in [3.63, 3.8) is 0 Å². The first kappa shape index (κ1) is 37.3. The van der Waals surface area contributed by atoms with Gasteiger partial charge in [0.1, 0.15) is 10.0 Å². The van der Waals surface area contributed by atoms with Crippen molar-refractivity contribution in [2.45, 2.75) is 93.1 Å². The van der Waals surface area contributed by atoms with Crippen LogP contribution in [0.5, 0.6) is 0 Å². The summed E-state index contributed by atoms with van der Waals surface area (Å²) in [6, 6.07) is 16.8. The Morgan fingerprint density at radius 3 is 1.16 bits per heavy atom. The maximum Gasteiger partial charge on any atom is 2.00 e. The predicted molar refractivity (Wildman–Crippen MR) is 177 cm³/mol. The molecule has 1 saturated carbocycles. The second kappa shape index (κ2) is 15.4. The second-order valence-corrected chi connectivity index (χ2v) is 13.1. The van der Waals surface area contributed by atoms with Crippen LogP contribution in [0.25, 0.3) is 10.5 Å². The molecule has 6 heteroatoms. The van der Waals surface area contributed by atoms with Crippen molar-refractivity contribution in [1.82, 2.24) is 0 Å². The summed E-state index contributed by atoms with van der Waals surface area (Å²) >= 11 is 0. The van der Waals surface area contributed by atoms with E-state index in [1.807, 2.05) is 95.3 Å². The minimum atomic E-state index is -3.98. The Balaban J connectivity index is 0.000000418. The summed E-state index contributed by atoms with van der Waals surface area (Å²) < 4.78 is 31.5. The first-order valence-corrected chi connectivity index (χ1v) is 15.9. The molecule has 1 N–H and O–H groups in total. The van der Waals surface area contributed by atoms with Gasteiger partial charge in [-0.05, 0) is 97.9 Å². The van der Waals surface area contributed by atoms with Gasteiger partial charge in [-0.2, -0.15) is 0 Å². The van der Waals surface area contributed by atoms with Gasteiger partial charge in [0.25, 0.3) is 0 Å². The van der Waals surface area contributed by atoms with E-state index in [1.165, 1.54) is 35.5 Å². The molecule has 2 atom stereocenters. The van der Waals surface area contributed by atoms with Gasteiger partial charge in [0, 0.05) is 0 Å². The Morgan fingerprint density at radius 1 is 0.512 bits per heavy atom. The van der Waals surface area contributed by atoms with Crippen LogP contribution in [0.15, 0.2) is 65.6 Å². The third-order valence-electron chi connectivity index (χ3n) is 9.43. The third-order valence-corrected chi connectivity index (χ3v) is 11.1. The number of benzene rings is 3. The fourth-order valence-electron chi connectivity index (χ4n) is 5.55. The summed E-state index contributed by atoms with van der Waals surface area (Å²) in [6.07, 6.45) is 0. The molecule has 3 aromatic rings. The van der Waals surface area contributed by atoms with E-state index in [4.69, 9.17) is 5.73 Å². The van der Waals surface area contributed by atoms with Crippen molar-refractivity contribution in [1.29, 1.82) is 0 Å². The fourth-order valence-corrected chi connectivity index (χ4v) is 7.28. The molecule has 0 amide bonds. The van der Waals surface area contributed by atoms with E-state index in [1.54, 1.807) is 0 Å². The van der Waals surface area contributed by atoms with Crippen LogP contribution in [0.1, 0.15) is 92.6 Å². The van der Waals surface area contributed by atoms with Crippen molar-refractivity contribution >= 4 is 10.0 Å². The summed E-state index contributed by atoms with van der Waals surface area (Å²) in [5.74, 6) is 8.73. The molecule has 0 aliphatic heterocycles. The molecule has 230 valence electrons. The van der Waals surface area contributed by atoms with Crippen molar-refractivity contribution in [3.8, 4) is 0 Å². The zero-order valence-electron chi connectivity index (χ0n) is 27.5. The van der Waals surface area contributed by atoms with Gasteiger partial charge >= 0.3 is 19.5 Å². The minimum Gasteiger partial charge on any atom is -0.672 e. The van der Waals surface area contributed by atoms with Gasteiger partial charge in [-0.3, -0.25) is 0 Å². The van der Waals surface area contributed by atoms with E-state index in [9.17, 15) is 8.42 Å². The molecular weight excluding hydrogens is 638 g/mol. The molecule has 1 aliphatic carbocycles. The molecule has 4 rings (SSSR count). The van der Waals surface area contributed by atoms with Crippen molar-refractivity contribution in [2.75, 3.05) is 0 Å². The van der Waals surface area contributed by atoms with Gasteiger partial charge in [-0.25, -0.2) is 8.42 Å². The number of hydrogen-bond acceptors (Lipinski definition) is 2. The molecule has 0 heterocycles. The molecule has 0 saturated heterocycles. The zero-order chi connectivity index (χ0) is 31.5. The van der Waals surface area contributed by atoms with E-state index in [-0.39, 0.29) is 24.4 Å². The molecule has 0 spiro atoms. The molecule has 1 fully saturated rings. The summed E-state index contributed by atoms with van der Waals surface area (Å²) in [6.45, 7) is 22.9. The maximum atomic E-state index is 13.6. The molecule has 43 heavy (non-hydrogen) atoms. The van der Waals surface area contributed by atoms with Gasteiger partial charge in [-0.1, -0.05) is 113 Å². The molecular formula is C37H46N2O2RuS. The normalized spacial score (nSPS) is 17.6. The van der Waals surface area contributed by atoms with E-state index < -0.39 is 22.1 Å². The van der Waals surface area contributed by atoms with Gasteiger partial charge in [0.2, 0.25) is 0 Å². The molecule has 6 radical (unpaired) electrons. The molecule has 0 aromatic heterocycles. The topological polar surface area (TPSA) is 72.0 Å². The molecule has 0 bridgehead atoms. The fraction of sp³-hybridized carbons (Fsp3) is 0.351. The molecule has 3 aromatic carbocycles. The summed E-state index contributed by atoms with van der Waals surface area (Å²) in [5, 5.41) is 0. The Hall–Kier alpha value is -1.85. The van der Waals surface area contributed by atoms with E-state index in [0.717, 1.165) is 33.4 Å². The van der Waals surface area contributed by atoms with E-state index in [0.29, 0.717) is 5.56 Å². The average Bonchev–Trinajstić information content (AvgIpc) is 2.99. The zero-order valence-corrected chi connectivity index (χ0v) is 30.0. The van der Waals surface area contributed by atoms with Crippen LogP contribution in [0.3, 0.4) is 0 Å². The Morgan fingerprint density at radius 2 is 0.814 bits per heavy atom. The number of sulfonamides is 1. The maximum absolute atomic E-state index is 13.6. The SMILES string of the molecule is C[C]1[C](C)[C](C)[C](C)[C](C)[C]1C.Cc1c(C)c(C)c(S(=O)(=O)[N-][C@@H](c2ccccc2)[C@@H]([NH-])c2ccccc2)c(C)c1C.[Ru+2]. The van der Waals surface area contributed by atoms with Crippen LogP contribution < -0.4 is 0 Å².